The third kappa shape index (κ3) is 3.13. The zero-order valence-electron chi connectivity index (χ0n) is 14.3. The molecular weight excluding hydrogens is 298 g/mol. The molecule has 2 aromatic rings. The summed E-state index contributed by atoms with van der Waals surface area (Å²) >= 11 is 0. The Bertz CT molecular complexity index is 722. The Morgan fingerprint density at radius 3 is 3.00 bits per heavy atom. The average molecular weight is 323 g/mol. The van der Waals surface area contributed by atoms with Crippen molar-refractivity contribution in [1.82, 2.24) is 20.3 Å². The summed E-state index contributed by atoms with van der Waals surface area (Å²) in [7, 11) is 0. The van der Waals surface area contributed by atoms with Gasteiger partial charge in [-0.1, -0.05) is 12.8 Å². The average Bonchev–Trinajstić information content (AvgIpc) is 3.16. The molecule has 3 heterocycles. The summed E-state index contributed by atoms with van der Waals surface area (Å²) in [5.41, 5.74) is 6.38. The van der Waals surface area contributed by atoms with Gasteiger partial charge in [0.05, 0.1) is 0 Å². The Labute approximate surface area is 143 Å². The number of hydrogen-bond acceptors (Lipinski definition) is 5. The maximum atomic E-state index is 4.76. The smallest absolute Gasteiger partial charge is 0.223 e. The van der Waals surface area contributed by atoms with Crippen molar-refractivity contribution in [2.24, 2.45) is 0 Å². The van der Waals surface area contributed by atoms with Gasteiger partial charge in [-0.2, -0.15) is 0 Å². The molecule has 4 rings (SSSR count). The van der Waals surface area contributed by atoms with Crippen LogP contribution in [0.15, 0.2) is 18.5 Å². The fourth-order valence-corrected chi connectivity index (χ4v) is 3.95. The summed E-state index contributed by atoms with van der Waals surface area (Å²) in [5, 5.41) is 6.85. The van der Waals surface area contributed by atoms with Crippen molar-refractivity contribution in [3.05, 3.63) is 46.5 Å². The molecule has 2 aliphatic rings. The zero-order chi connectivity index (χ0) is 16.4. The highest BCUT2D eigenvalue weighted by Crippen LogP contribution is 2.33. The van der Waals surface area contributed by atoms with Crippen LogP contribution in [0.5, 0.6) is 0 Å². The van der Waals surface area contributed by atoms with E-state index < -0.39 is 0 Å². The minimum atomic E-state index is 0.618. The van der Waals surface area contributed by atoms with E-state index in [9.17, 15) is 0 Å². The molecule has 0 saturated heterocycles. The highest BCUT2D eigenvalue weighted by Gasteiger charge is 2.19. The fraction of sp³-hybridized carbons (Fsp3) is 0.526. The van der Waals surface area contributed by atoms with Crippen LogP contribution in [0.3, 0.4) is 0 Å². The molecule has 0 atom stereocenters. The minimum Gasteiger partial charge on any atom is -0.350 e. The monoisotopic (exact) mass is 323 g/mol. The van der Waals surface area contributed by atoms with Gasteiger partial charge in [0.25, 0.3) is 0 Å². The van der Waals surface area contributed by atoms with E-state index in [2.05, 4.69) is 33.6 Å². The van der Waals surface area contributed by atoms with Crippen LogP contribution in [0.2, 0.25) is 0 Å². The van der Waals surface area contributed by atoms with Gasteiger partial charge in [-0.25, -0.2) is 9.97 Å². The van der Waals surface area contributed by atoms with Gasteiger partial charge in [-0.3, -0.25) is 4.98 Å². The molecule has 5 heteroatoms. The summed E-state index contributed by atoms with van der Waals surface area (Å²) < 4.78 is 0. The topological polar surface area (TPSA) is 62.7 Å². The second-order valence-corrected chi connectivity index (χ2v) is 6.89. The van der Waals surface area contributed by atoms with Crippen LogP contribution in [0.4, 0.5) is 5.95 Å². The Kier molecular flexibility index (Phi) is 4.43. The number of nitrogens with one attached hydrogen (secondary N) is 2. The zero-order valence-corrected chi connectivity index (χ0v) is 14.3. The fourth-order valence-electron chi connectivity index (χ4n) is 3.95. The Morgan fingerprint density at radius 2 is 2.12 bits per heavy atom. The molecule has 0 radical (unpaired) electrons. The van der Waals surface area contributed by atoms with E-state index in [4.69, 9.17) is 4.98 Å². The molecule has 1 fully saturated rings. The molecule has 126 valence electrons. The third-order valence-corrected chi connectivity index (χ3v) is 5.34. The summed E-state index contributed by atoms with van der Waals surface area (Å²) in [6, 6.07) is 2.07. The quantitative estimate of drug-likeness (QED) is 0.905. The first-order valence-electron chi connectivity index (χ1n) is 9.05. The maximum absolute atomic E-state index is 4.76. The van der Waals surface area contributed by atoms with Crippen molar-refractivity contribution < 1.29 is 0 Å². The van der Waals surface area contributed by atoms with Gasteiger partial charge in [0.15, 0.2) is 0 Å². The molecule has 5 nitrogen and oxygen atoms in total. The van der Waals surface area contributed by atoms with Crippen molar-refractivity contribution in [3.63, 3.8) is 0 Å². The van der Waals surface area contributed by atoms with Crippen LogP contribution in [-0.4, -0.2) is 21.5 Å². The second kappa shape index (κ2) is 6.85. The molecule has 1 saturated carbocycles. The van der Waals surface area contributed by atoms with Gasteiger partial charge < -0.3 is 10.6 Å². The number of aryl methyl sites for hydroxylation is 1. The highest BCUT2D eigenvalue weighted by atomic mass is 15.1. The number of aromatic nitrogens is 3. The van der Waals surface area contributed by atoms with Gasteiger partial charge in [0, 0.05) is 42.8 Å². The molecule has 2 aromatic heterocycles. The number of pyridine rings is 1. The van der Waals surface area contributed by atoms with Crippen molar-refractivity contribution in [2.45, 2.75) is 58.0 Å². The molecule has 0 amide bonds. The Balaban J connectivity index is 1.52. The summed E-state index contributed by atoms with van der Waals surface area (Å²) in [6.45, 7) is 4.80. The maximum Gasteiger partial charge on any atom is 0.223 e. The van der Waals surface area contributed by atoms with Crippen LogP contribution in [0, 0.1) is 6.92 Å². The van der Waals surface area contributed by atoms with Gasteiger partial charge in [0.1, 0.15) is 0 Å². The number of anilines is 1. The number of nitrogens with zero attached hydrogens (tertiary/aromatic N) is 3. The Morgan fingerprint density at radius 1 is 1.25 bits per heavy atom. The van der Waals surface area contributed by atoms with Gasteiger partial charge >= 0.3 is 0 Å². The molecule has 24 heavy (non-hydrogen) atoms. The van der Waals surface area contributed by atoms with Crippen LogP contribution in [0.1, 0.15) is 59.7 Å². The number of fused-ring (bicyclic) bond motifs is 1. The molecule has 1 aliphatic carbocycles. The third-order valence-electron chi connectivity index (χ3n) is 5.34. The summed E-state index contributed by atoms with van der Waals surface area (Å²) in [6.07, 6.45) is 10.1. The van der Waals surface area contributed by atoms with E-state index in [0.717, 1.165) is 37.7 Å². The van der Waals surface area contributed by atoms with Gasteiger partial charge in [-0.05, 0) is 55.5 Å². The first-order valence-corrected chi connectivity index (χ1v) is 9.05. The SMILES string of the molecule is Cc1ncc2c(c1CNc1nccc(C3CCCC3)n1)CCNC2. The van der Waals surface area contributed by atoms with Gasteiger partial charge in [-0.15, -0.1) is 0 Å². The van der Waals surface area contributed by atoms with E-state index in [-0.39, 0.29) is 0 Å². The normalized spacial score (nSPS) is 17.7. The van der Waals surface area contributed by atoms with Crippen molar-refractivity contribution >= 4 is 5.95 Å². The first-order chi connectivity index (χ1) is 11.8. The number of rotatable bonds is 4. The largest absolute Gasteiger partial charge is 0.350 e. The van der Waals surface area contributed by atoms with Crippen LogP contribution in [0.25, 0.3) is 0 Å². The molecule has 1 aliphatic heterocycles. The molecule has 0 unspecified atom stereocenters. The van der Waals surface area contributed by atoms with Crippen LogP contribution >= 0.6 is 0 Å². The van der Waals surface area contributed by atoms with Gasteiger partial charge in [0.2, 0.25) is 5.95 Å². The lowest BCUT2D eigenvalue weighted by molar-refractivity contribution is 0.634. The first kappa shape index (κ1) is 15.5. The van der Waals surface area contributed by atoms with Crippen LogP contribution < -0.4 is 10.6 Å². The van der Waals surface area contributed by atoms with Crippen molar-refractivity contribution in [2.75, 3.05) is 11.9 Å². The summed E-state index contributed by atoms with van der Waals surface area (Å²) in [5.74, 6) is 1.36. The van der Waals surface area contributed by atoms with E-state index in [0.29, 0.717) is 5.92 Å². The molecule has 0 aromatic carbocycles. The van der Waals surface area contributed by atoms with Crippen molar-refractivity contribution in [1.29, 1.82) is 0 Å². The second-order valence-electron chi connectivity index (χ2n) is 6.89. The standard InChI is InChI=1S/C19H25N5/c1-13-17(16-6-8-20-10-15(16)11-22-13)12-23-19-21-9-7-18(24-19)14-4-2-3-5-14/h7,9,11,14,20H,2-6,8,10,12H2,1H3,(H,21,23,24). The van der Waals surface area contributed by atoms with Crippen molar-refractivity contribution in [3.8, 4) is 0 Å². The van der Waals surface area contributed by atoms with Crippen LogP contribution in [-0.2, 0) is 19.5 Å². The highest BCUT2D eigenvalue weighted by molar-refractivity contribution is 5.40. The van der Waals surface area contributed by atoms with E-state index in [1.54, 1.807) is 0 Å². The van der Waals surface area contributed by atoms with E-state index in [1.807, 2.05) is 12.4 Å². The number of hydrogen-bond donors (Lipinski definition) is 2. The predicted molar refractivity (Wildman–Crippen MR) is 95.0 cm³/mol. The molecule has 0 spiro atoms. The Hall–Kier alpha value is -2.01. The molecule has 2 N–H and O–H groups in total. The predicted octanol–water partition coefficient (Wildman–Crippen LogP) is 3.10. The molecule has 0 bridgehead atoms. The summed E-state index contributed by atoms with van der Waals surface area (Å²) in [4.78, 5) is 13.7. The lowest BCUT2D eigenvalue weighted by Crippen LogP contribution is -2.26. The minimum absolute atomic E-state index is 0.618. The van der Waals surface area contributed by atoms with E-state index in [1.165, 1.54) is 48.1 Å². The molecular formula is C19H25N5. The lowest BCUT2D eigenvalue weighted by atomic mass is 9.96. The van der Waals surface area contributed by atoms with E-state index >= 15 is 0 Å². The lowest BCUT2D eigenvalue weighted by Gasteiger charge is -2.21.